The van der Waals surface area contributed by atoms with E-state index in [1.165, 1.54) is 4.90 Å². The van der Waals surface area contributed by atoms with Gasteiger partial charge in [-0.2, -0.15) is 0 Å². The maximum absolute atomic E-state index is 11.9. The lowest BCUT2D eigenvalue weighted by atomic mass is 10.0. The van der Waals surface area contributed by atoms with Gasteiger partial charge in [-0.25, -0.2) is 9.78 Å². The Balaban J connectivity index is 2.04. The monoisotopic (exact) mass is 532 g/mol. The van der Waals surface area contributed by atoms with Crippen LogP contribution in [0, 0.1) is 0 Å². The van der Waals surface area contributed by atoms with Crippen LogP contribution in [0.4, 0.5) is 4.79 Å². The summed E-state index contributed by atoms with van der Waals surface area (Å²) in [5.74, 6) is 1.04. The first-order valence-corrected chi connectivity index (χ1v) is 16.1. The van der Waals surface area contributed by atoms with E-state index in [2.05, 4.69) is 49.5 Å². The number of halogens is 1. The third kappa shape index (κ3) is 6.03. The number of amides is 1. The Bertz CT molecular complexity index is 1210. The second-order valence-electron chi connectivity index (χ2n) is 12.0. The topological polar surface area (TPSA) is 80.5 Å². The lowest BCUT2D eigenvalue weighted by Crippen LogP contribution is -2.45. The van der Waals surface area contributed by atoms with Crippen LogP contribution in [0.5, 0.6) is 0 Å². The molecule has 36 heavy (non-hydrogen) atoms. The molecule has 0 aliphatic heterocycles. The Morgan fingerprint density at radius 2 is 1.83 bits per heavy atom. The number of hydrogen-bond donors (Lipinski definition) is 1. The van der Waals surface area contributed by atoms with Gasteiger partial charge < -0.3 is 19.0 Å². The molecule has 3 aromatic rings. The van der Waals surface area contributed by atoms with Crippen molar-refractivity contribution in [3.8, 4) is 0 Å². The number of benzene rings is 1. The first-order chi connectivity index (χ1) is 16.7. The fraction of sp³-hybridized carbons (Fsp3) is 0.593. The van der Waals surface area contributed by atoms with Gasteiger partial charge in [0.2, 0.25) is 0 Å². The van der Waals surface area contributed by atoms with Crippen LogP contribution in [-0.4, -0.2) is 57.6 Å². The van der Waals surface area contributed by atoms with Crippen LogP contribution in [0.15, 0.2) is 30.5 Å². The van der Waals surface area contributed by atoms with E-state index >= 15 is 0 Å². The number of aromatic nitrogens is 3. The molecular formula is C27H41ClN4O3Si. The Kier molecular flexibility index (Phi) is 8.42. The highest BCUT2D eigenvalue weighted by atomic mass is 35.5. The zero-order chi connectivity index (χ0) is 26.9. The molecule has 2 heterocycles. The molecule has 0 saturated carbocycles. The van der Waals surface area contributed by atoms with Crippen LogP contribution in [-0.2, 0) is 10.3 Å². The summed E-state index contributed by atoms with van der Waals surface area (Å²) in [6, 6.07) is 8.02. The number of rotatable bonds is 9. The van der Waals surface area contributed by atoms with E-state index in [9.17, 15) is 9.90 Å². The van der Waals surface area contributed by atoms with Crippen LogP contribution >= 0.6 is 11.6 Å². The molecule has 0 radical (unpaired) electrons. The molecule has 0 aliphatic carbocycles. The fourth-order valence-electron chi connectivity index (χ4n) is 4.27. The average molecular weight is 533 g/mol. The maximum Gasteiger partial charge on any atom is 0.407 e. The Morgan fingerprint density at radius 1 is 1.17 bits per heavy atom. The molecule has 1 N–H and O–H groups in total. The van der Waals surface area contributed by atoms with Gasteiger partial charge in [0.05, 0.1) is 35.8 Å². The Morgan fingerprint density at radius 3 is 2.42 bits per heavy atom. The molecule has 0 aliphatic rings. The first-order valence-electron chi connectivity index (χ1n) is 12.6. The van der Waals surface area contributed by atoms with Crippen molar-refractivity contribution in [3.63, 3.8) is 0 Å². The van der Waals surface area contributed by atoms with Crippen molar-refractivity contribution in [2.75, 3.05) is 13.2 Å². The van der Waals surface area contributed by atoms with Crippen LogP contribution in [0.3, 0.4) is 0 Å². The van der Waals surface area contributed by atoms with E-state index < -0.39 is 19.9 Å². The molecule has 1 aromatic carbocycles. The van der Waals surface area contributed by atoms with E-state index in [1.807, 2.05) is 45.2 Å². The van der Waals surface area contributed by atoms with Crippen LogP contribution < -0.4 is 0 Å². The summed E-state index contributed by atoms with van der Waals surface area (Å²) < 4.78 is 8.94. The molecule has 7 nitrogen and oxygen atoms in total. The molecule has 2 aromatic heterocycles. The molecule has 0 unspecified atom stereocenters. The first kappa shape index (κ1) is 28.4. The van der Waals surface area contributed by atoms with Gasteiger partial charge in [0.15, 0.2) is 8.32 Å². The van der Waals surface area contributed by atoms with Crippen LogP contribution in [0.25, 0.3) is 21.9 Å². The number of carboxylic acid groups (broad SMARTS) is 1. The number of carbonyl (C=O) groups is 1. The number of nitrogens with zero attached hydrogens (tertiary/aromatic N) is 4. The molecule has 1 atom stereocenters. The van der Waals surface area contributed by atoms with E-state index in [4.69, 9.17) is 21.0 Å². The van der Waals surface area contributed by atoms with E-state index in [0.29, 0.717) is 19.6 Å². The summed E-state index contributed by atoms with van der Waals surface area (Å²) in [5.41, 5.74) is 2.25. The van der Waals surface area contributed by atoms with Crippen molar-refractivity contribution in [3.05, 3.63) is 36.3 Å². The molecule has 3 rings (SSSR count). The summed E-state index contributed by atoms with van der Waals surface area (Å²) in [4.78, 5) is 22.8. The predicted octanol–water partition coefficient (Wildman–Crippen LogP) is 7.44. The minimum absolute atomic E-state index is 0.0423. The van der Waals surface area contributed by atoms with E-state index in [1.54, 1.807) is 0 Å². The standard InChI is InChI=1S/C27H41ClN4O3Si/c1-26(2,3)31(25(33)34)15-11-12-19(18-35-36(7,8)27(4,5)6)32-23(16-28)30-22-17-29-21-14-10-9-13-20(21)24(22)32/h9-10,13-14,17,19H,11-12,15-16,18H2,1-8H3,(H,33,34)/t19-/m0/s1. The third-order valence-corrected chi connectivity index (χ3v) is 12.1. The second-order valence-corrected chi connectivity index (χ2v) is 17.1. The smallest absolute Gasteiger partial charge is 0.407 e. The molecule has 198 valence electrons. The zero-order valence-electron chi connectivity index (χ0n) is 22.9. The van der Waals surface area contributed by atoms with Gasteiger partial charge in [0.1, 0.15) is 11.3 Å². The van der Waals surface area contributed by atoms with Crippen molar-refractivity contribution in [1.29, 1.82) is 0 Å². The Labute approximate surface area is 220 Å². The van der Waals surface area contributed by atoms with Gasteiger partial charge in [-0.15, -0.1) is 11.6 Å². The van der Waals surface area contributed by atoms with E-state index in [0.717, 1.165) is 34.2 Å². The third-order valence-electron chi connectivity index (χ3n) is 7.38. The lowest BCUT2D eigenvalue weighted by Gasteiger charge is -2.38. The van der Waals surface area contributed by atoms with Gasteiger partial charge in [-0.1, -0.05) is 39.0 Å². The highest BCUT2D eigenvalue weighted by Gasteiger charge is 2.38. The van der Waals surface area contributed by atoms with Gasteiger partial charge in [0.25, 0.3) is 0 Å². The number of pyridine rings is 1. The molecule has 1 amide bonds. The number of imidazole rings is 1. The number of fused-ring (bicyclic) bond motifs is 3. The van der Waals surface area contributed by atoms with E-state index in [-0.39, 0.29) is 17.0 Å². The van der Waals surface area contributed by atoms with Crippen molar-refractivity contribution < 1.29 is 14.3 Å². The summed E-state index contributed by atoms with van der Waals surface area (Å²) in [6.07, 6.45) is 2.34. The van der Waals surface area contributed by atoms with Crippen molar-refractivity contribution >= 4 is 47.9 Å². The van der Waals surface area contributed by atoms with Crippen molar-refractivity contribution in [2.45, 2.75) is 90.0 Å². The molecular weight excluding hydrogens is 492 g/mol. The summed E-state index contributed by atoms with van der Waals surface area (Å²) in [5, 5.41) is 10.9. The quantitative estimate of drug-likeness (QED) is 0.228. The molecule has 0 spiro atoms. The van der Waals surface area contributed by atoms with Gasteiger partial charge in [-0.05, 0) is 57.8 Å². The highest BCUT2D eigenvalue weighted by Crippen LogP contribution is 2.38. The predicted molar refractivity (Wildman–Crippen MR) is 150 cm³/mol. The molecule has 0 fully saturated rings. The van der Waals surface area contributed by atoms with Crippen LogP contribution in [0.2, 0.25) is 18.1 Å². The van der Waals surface area contributed by atoms with Gasteiger partial charge in [0, 0.05) is 17.5 Å². The summed E-state index contributed by atoms with van der Waals surface area (Å²) >= 11 is 6.43. The largest absolute Gasteiger partial charge is 0.465 e. The molecule has 0 saturated heterocycles. The van der Waals surface area contributed by atoms with Gasteiger partial charge in [-0.3, -0.25) is 4.98 Å². The van der Waals surface area contributed by atoms with Crippen LogP contribution in [0.1, 0.15) is 66.3 Å². The van der Waals surface area contributed by atoms with Gasteiger partial charge >= 0.3 is 6.09 Å². The van der Waals surface area contributed by atoms with Crippen molar-refractivity contribution in [1.82, 2.24) is 19.4 Å². The zero-order valence-corrected chi connectivity index (χ0v) is 24.7. The summed E-state index contributed by atoms with van der Waals surface area (Å²) in [6.45, 7) is 17.9. The SMILES string of the molecule is CC(C)(C)N(CCC[C@@H](CO[Si](C)(C)C(C)(C)C)n1c(CCl)nc2cnc3ccccc3c21)C(=O)O. The lowest BCUT2D eigenvalue weighted by molar-refractivity contribution is 0.0972. The van der Waals surface area contributed by atoms with Crippen molar-refractivity contribution in [2.24, 2.45) is 0 Å². The number of hydrogen-bond acceptors (Lipinski definition) is 4. The minimum Gasteiger partial charge on any atom is -0.465 e. The maximum atomic E-state index is 11.9. The number of para-hydroxylation sites is 1. The molecule has 0 bridgehead atoms. The fourth-order valence-corrected chi connectivity index (χ4v) is 5.50. The normalized spacial score (nSPS) is 13.9. The number of alkyl halides is 1. The summed E-state index contributed by atoms with van der Waals surface area (Å²) in [7, 11) is -2.02. The highest BCUT2D eigenvalue weighted by molar-refractivity contribution is 6.74. The second kappa shape index (κ2) is 10.7. The molecule has 9 heteroatoms. The Hall–Kier alpha value is -2.16. The minimum atomic E-state index is -2.02. The average Bonchev–Trinajstić information content (AvgIpc) is 3.15.